The van der Waals surface area contributed by atoms with E-state index in [-0.39, 0.29) is 11.6 Å². The van der Waals surface area contributed by atoms with Gasteiger partial charge in [-0.1, -0.05) is 12.1 Å². The summed E-state index contributed by atoms with van der Waals surface area (Å²) in [6.45, 7) is 2.97. The van der Waals surface area contributed by atoms with Crippen LogP contribution in [0, 0.1) is 10.1 Å². The Morgan fingerprint density at radius 2 is 2.15 bits per heavy atom. The summed E-state index contributed by atoms with van der Waals surface area (Å²) in [4.78, 5) is 25.4. The molecule has 0 atom stereocenters. The Hall–Kier alpha value is -2.21. The van der Waals surface area contributed by atoms with Gasteiger partial charge in [-0.25, -0.2) is 0 Å². The molecule has 1 aromatic heterocycles. The van der Waals surface area contributed by atoms with E-state index in [4.69, 9.17) is 0 Å². The number of rotatable bonds is 5. The highest BCUT2D eigenvalue weighted by Crippen LogP contribution is 2.17. The van der Waals surface area contributed by atoms with Crippen LogP contribution >= 0.6 is 11.3 Å². The number of carbonyl (C=O) groups is 1. The second-order valence-electron chi connectivity index (χ2n) is 4.21. The Balaban J connectivity index is 2.19. The highest BCUT2D eigenvalue weighted by molar-refractivity contribution is 7.09. The molecule has 0 N–H and O–H groups in total. The van der Waals surface area contributed by atoms with Crippen molar-refractivity contribution in [3.05, 3.63) is 62.3 Å². The van der Waals surface area contributed by atoms with Gasteiger partial charge in [0.15, 0.2) is 0 Å². The van der Waals surface area contributed by atoms with E-state index in [1.807, 2.05) is 24.4 Å². The molecule has 0 aliphatic heterocycles. The molecule has 0 fully saturated rings. The molecule has 1 heterocycles. The van der Waals surface area contributed by atoms with Gasteiger partial charge >= 0.3 is 0 Å². The fraction of sp³-hybridized carbons (Fsp3) is 0.214. The molecule has 6 heteroatoms. The van der Waals surface area contributed by atoms with Crippen LogP contribution < -0.4 is 0 Å². The van der Waals surface area contributed by atoms with Crippen LogP contribution in [-0.4, -0.2) is 22.3 Å². The molecular formula is C14H14N2O3S. The summed E-state index contributed by atoms with van der Waals surface area (Å²) >= 11 is 1.59. The Morgan fingerprint density at radius 1 is 1.35 bits per heavy atom. The van der Waals surface area contributed by atoms with Crippen LogP contribution in [0.25, 0.3) is 0 Å². The van der Waals surface area contributed by atoms with Gasteiger partial charge in [-0.3, -0.25) is 14.9 Å². The van der Waals surface area contributed by atoms with Crippen LogP contribution in [0.5, 0.6) is 0 Å². The van der Waals surface area contributed by atoms with Crippen molar-refractivity contribution in [3.63, 3.8) is 0 Å². The van der Waals surface area contributed by atoms with Gasteiger partial charge in [0, 0.05) is 29.1 Å². The molecule has 0 unspecified atom stereocenters. The first-order valence-electron chi connectivity index (χ1n) is 6.18. The number of hydrogen-bond acceptors (Lipinski definition) is 4. The molecule has 0 aliphatic rings. The van der Waals surface area contributed by atoms with Crippen molar-refractivity contribution < 1.29 is 9.72 Å². The van der Waals surface area contributed by atoms with Gasteiger partial charge in [-0.05, 0) is 24.4 Å². The summed E-state index contributed by atoms with van der Waals surface area (Å²) < 4.78 is 0. The number of non-ortho nitro benzene ring substituents is 1. The van der Waals surface area contributed by atoms with Gasteiger partial charge in [0.25, 0.3) is 11.6 Å². The van der Waals surface area contributed by atoms with Crippen molar-refractivity contribution in [2.45, 2.75) is 13.5 Å². The predicted octanol–water partition coefficient (Wildman–Crippen LogP) is 3.32. The van der Waals surface area contributed by atoms with Crippen molar-refractivity contribution in [3.8, 4) is 0 Å². The summed E-state index contributed by atoms with van der Waals surface area (Å²) in [6, 6.07) is 9.74. The molecule has 0 radical (unpaired) electrons. The lowest BCUT2D eigenvalue weighted by Crippen LogP contribution is -2.30. The highest BCUT2D eigenvalue weighted by Gasteiger charge is 2.17. The molecule has 1 aromatic carbocycles. The van der Waals surface area contributed by atoms with E-state index in [2.05, 4.69) is 0 Å². The Bertz CT molecular complexity index is 611. The fourth-order valence-corrected chi connectivity index (χ4v) is 2.57. The lowest BCUT2D eigenvalue weighted by molar-refractivity contribution is -0.384. The SMILES string of the molecule is CCN(Cc1cccs1)C(=O)c1cccc([N+](=O)[O-])c1. The van der Waals surface area contributed by atoms with Gasteiger partial charge < -0.3 is 4.90 Å². The van der Waals surface area contributed by atoms with Crippen molar-refractivity contribution in [2.75, 3.05) is 6.54 Å². The topological polar surface area (TPSA) is 63.5 Å². The minimum absolute atomic E-state index is 0.0666. The number of nitro groups is 1. The Morgan fingerprint density at radius 3 is 2.75 bits per heavy atom. The molecule has 2 rings (SSSR count). The van der Waals surface area contributed by atoms with Crippen LogP contribution in [0.15, 0.2) is 41.8 Å². The molecule has 104 valence electrons. The minimum atomic E-state index is -0.494. The van der Waals surface area contributed by atoms with E-state index < -0.39 is 4.92 Å². The fourth-order valence-electron chi connectivity index (χ4n) is 1.85. The number of benzene rings is 1. The third-order valence-electron chi connectivity index (χ3n) is 2.90. The third-order valence-corrected chi connectivity index (χ3v) is 3.76. The molecule has 0 aliphatic carbocycles. The normalized spacial score (nSPS) is 10.2. The van der Waals surface area contributed by atoms with E-state index in [0.29, 0.717) is 18.7 Å². The highest BCUT2D eigenvalue weighted by atomic mass is 32.1. The maximum absolute atomic E-state index is 12.4. The van der Waals surface area contributed by atoms with Crippen molar-refractivity contribution in [1.29, 1.82) is 0 Å². The van der Waals surface area contributed by atoms with Crippen LogP contribution in [0.1, 0.15) is 22.2 Å². The largest absolute Gasteiger partial charge is 0.334 e. The number of thiophene rings is 1. The zero-order valence-electron chi connectivity index (χ0n) is 11.0. The van der Waals surface area contributed by atoms with Gasteiger partial charge in [0.1, 0.15) is 0 Å². The second-order valence-corrected chi connectivity index (χ2v) is 5.24. The summed E-state index contributed by atoms with van der Waals surface area (Å²) in [5.41, 5.74) is 0.278. The number of nitrogens with zero attached hydrogens (tertiary/aromatic N) is 2. The van der Waals surface area contributed by atoms with Crippen LogP contribution in [0.3, 0.4) is 0 Å². The number of hydrogen-bond donors (Lipinski definition) is 0. The number of amides is 1. The zero-order valence-corrected chi connectivity index (χ0v) is 11.8. The summed E-state index contributed by atoms with van der Waals surface area (Å²) in [6.07, 6.45) is 0. The maximum Gasteiger partial charge on any atom is 0.270 e. The van der Waals surface area contributed by atoms with Crippen LogP contribution in [0.4, 0.5) is 5.69 Å². The van der Waals surface area contributed by atoms with Gasteiger partial charge in [-0.2, -0.15) is 0 Å². The molecule has 1 amide bonds. The zero-order chi connectivity index (χ0) is 14.5. The molecular weight excluding hydrogens is 276 g/mol. The standard InChI is InChI=1S/C14H14N2O3S/c1-2-15(10-13-7-4-8-20-13)14(17)11-5-3-6-12(9-11)16(18)19/h3-9H,2,10H2,1H3. The van der Waals surface area contributed by atoms with E-state index in [1.54, 1.807) is 22.3 Å². The first kappa shape index (κ1) is 14.2. The quantitative estimate of drug-likeness (QED) is 0.627. The van der Waals surface area contributed by atoms with Crippen molar-refractivity contribution >= 4 is 22.9 Å². The monoisotopic (exact) mass is 290 g/mol. The summed E-state index contributed by atoms with van der Waals surface area (Å²) in [7, 11) is 0. The third kappa shape index (κ3) is 3.21. The summed E-state index contributed by atoms with van der Waals surface area (Å²) in [5, 5.41) is 12.7. The molecule has 2 aromatic rings. The molecule has 5 nitrogen and oxygen atoms in total. The maximum atomic E-state index is 12.4. The number of nitro benzene ring substituents is 1. The van der Waals surface area contributed by atoms with E-state index in [9.17, 15) is 14.9 Å². The average molecular weight is 290 g/mol. The van der Waals surface area contributed by atoms with Crippen LogP contribution in [0.2, 0.25) is 0 Å². The van der Waals surface area contributed by atoms with Gasteiger partial charge in [0.2, 0.25) is 0 Å². The summed E-state index contributed by atoms with van der Waals surface area (Å²) in [5.74, 6) is -0.190. The lowest BCUT2D eigenvalue weighted by Gasteiger charge is -2.20. The lowest BCUT2D eigenvalue weighted by atomic mass is 10.1. The molecule has 0 bridgehead atoms. The average Bonchev–Trinajstić information content (AvgIpc) is 2.97. The molecule has 0 spiro atoms. The van der Waals surface area contributed by atoms with Crippen LogP contribution in [-0.2, 0) is 6.54 Å². The van der Waals surface area contributed by atoms with E-state index in [0.717, 1.165) is 4.88 Å². The minimum Gasteiger partial charge on any atom is -0.334 e. The van der Waals surface area contributed by atoms with Gasteiger partial charge in [-0.15, -0.1) is 11.3 Å². The van der Waals surface area contributed by atoms with E-state index in [1.165, 1.54) is 18.2 Å². The Labute approximate surface area is 120 Å². The first-order valence-corrected chi connectivity index (χ1v) is 7.06. The molecule has 0 saturated heterocycles. The number of carbonyl (C=O) groups excluding carboxylic acids is 1. The first-order chi connectivity index (χ1) is 9.61. The predicted molar refractivity (Wildman–Crippen MR) is 77.8 cm³/mol. The van der Waals surface area contributed by atoms with Crippen molar-refractivity contribution in [1.82, 2.24) is 4.90 Å². The molecule has 20 heavy (non-hydrogen) atoms. The Kier molecular flexibility index (Phi) is 4.47. The smallest absolute Gasteiger partial charge is 0.270 e. The molecule has 0 saturated carbocycles. The van der Waals surface area contributed by atoms with E-state index >= 15 is 0 Å². The van der Waals surface area contributed by atoms with Crippen molar-refractivity contribution in [2.24, 2.45) is 0 Å². The van der Waals surface area contributed by atoms with Gasteiger partial charge in [0.05, 0.1) is 11.5 Å². The second kappa shape index (κ2) is 6.29.